The molecule has 1 saturated carbocycles. The van der Waals surface area contributed by atoms with E-state index in [1.54, 1.807) is 0 Å². The molecule has 1 aliphatic carbocycles. The molecule has 35 heavy (non-hydrogen) atoms. The van der Waals surface area contributed by atoms with Crippen LogP contribution < -0.4 is 15.4 Å². The first-order valence-corrected chi connectivity index (χ1v) is 13.8. The largest absolute Gasteiger partial charge is 0.494 e. The number of hydrogen-bond acceptors (Lipinski definition) is 4. The van der Waals surface area contributed by atoms with Crippen LogP contribution in [0.3, 0.4) is 0 Å². The number of carbonyl (C=O) groups is 2. The van der Waals surface area contributed by atoms with Crippen molar-refractivity contribution >= 4 is 11.8 Å². The summed E-state index contributed by atoms with van der Waals surface area (Å²) in [6, 6.07) is 7.93. The Hall–Kier alpha value is -2.50. The number of carbonyl (C=O) groups excluding carboxylic acids is 2. The third-order valence-corrected chi connectivity index (χ3v) is 7.93. The molecule has 3 atom stereocenters. The minimum absolute atomic E-state index is 0.0125. The highest BCUT2D eigenvalue weighted by molar-refractivity contribution is 5.83. The van der Waals surface area contributed by atoms with Gasteiger partial charge in [0.2, 0.25) is 11.8 Å². The van der Waals surface area contributed by atoms with Crippen LogP contribution in [0.2, 0.25) is 0 Å². The molecule has 2 heterocycles. The zero-order valence-electron chi connectivity index (χ0n) is 21.4. The van der Waals surface area contributed by atoms with Gasteiger partial charge in [-0.2, -0.15) is 0 Å². The first kappa shape index (κ1) is 25.6. The molecule has 1 aromatic rings. The van der Waals surface area contributed by atoms with Gasteiger partial charge in [0.25, 0.3) is 0 Å². The first-order chi connectivity index (χ1) is 17.0. The quantitative estimate of drug-likeness (QED) is 0.608. The van der Waals surface area contributed by atoms with Gasteiger partial charge in [0.15, 0.2) is 0 Å². The van der Waals surface area contributed by atoms with E-state index in [0.29, 0.717) is 18.9 Å². The lowest BCUT2D eigenvalue weighted by atomic mass is 9.83. The average Bonchev–Trinajstić information content (AvgIpc) is 3.35. The van der Waals surface area contributed by atoms with Crippen molar-refractivity contribution in [1.29, 1.82) is 0 Å². The molecule has 2 aliphatic heterocycles. The molecule has 4 rings (SSSR count). The molecule has 1 aromatic carbocycles. The van der Waals surface area contributed by atoms with Gasteiger partial charge >= 0.3 is 0 Å². The predicted molar refractivity (Wildman–Crippen MR) is 139 cm³/mol. The Morgan fingerprint density at radius 1 is 0.943 bits per heavy atom. The van der Waals surface area contributed by atoms with E-state index in [-0.39, 0.29) is 29.9 Å². The second kappa shape index (κ2) is 12.5. The molecule has 6 heteroatoms. The van der Waals surface area contributed by atoms with E-state index in [2.05, 4.69) is 29.3 Å². The van der Waals surface area contributed by atoms with E-state index in [4.69, 9.17) is 4.74 Å². The fourth-order valence-corrected chi connectivity index (χ4v) is 5.89. The summed E-state index contributed by atoms with van der Waals surface area (Å²) in [7, 11) is 0. The predicted octanol–water partition coefficient (Wildman–Crippen LogP) is 4.73. The maximum absolute atomic E-state index is 13.5. The fraction of sp³-hybridized carbons (Fsp3) is 0.655. The maximum atomic E-state index is 13.5. The van der Waals surface area contributed by atoms with Gasteiger partial charge in [-0.05, 0) is 75.5 Å². The number of amides is 2. The SMILES string of the molecule is C=C1NC(C2CCCCC2)C(=O)N[C@H](C)CCOc2cccc(c2)CCCCC(=O)N2CCCC12. The smallest absolute Gasteiger partial charge is 0.242 e. The Kier molecular flexibility index (Phi) is 9.11. The fourth-order valence-electron chi connectivity index (χ4n) is 5.89. The molecule has 6 nitrogen and oxygen atoms in total. The number of nitrogens with zero attached hydrogens (tertiary/aromatic N) is 1. The molecule has 2 bridgehead atoms. The van der Waals surface area contributed by atoms with E-state index >= 15 is 0 Å². The maximum Gasteiger partial charge on any atom is 0.242 e. The molecule has 0 radical (unpaired) electrons. The summed E-state index contributed by atoms with van der Waals surface area (Å²) in [5.41, 5.74) is 2.06. The Labute approximate surface area is 210 Å². The number of ether oxygens (including phenoxy) is 1. The van der Waals surface area contributed by atoms with Gasteiger partial charge in [0.1, 0.15) is 11.8 Å². The lowest BCUT2D eigenvalue weighted by Crippen LogP contribution is -2.53. The number of benzene rings is 1. The number of fused-ring (bicyclic) bond motifs is 3. The molecular formula is C29H43N3O3. The second-order valence-corrected chi connectivity index (χ2v) is 10.7. The van der Waals surface area contributed by atoms with Crippen LogP contribution in [-0.2, 0) is 16.0 Å². The van der Waals surface area contributed by atoms with Crippen LogP contribution >= 0.6 is 0 Å². The summed E-state index contributed by atoms with van der Waals surface area (Å²) >= 11 is 0. The molecule has 3 aliphatic rings. The lowest BCUT2D eigenvalue weighted by Gasteiger charge is -2.35. The molecule has 2 unspecified atom stereocenters. The van der Waals surface area contributed by atoms with Gasteiger partial charge in [-0.15, -0.1) is 0 Å². The molecule has 2 fully saturated rings. The summed E-state index contributed by atoms with van der Waals surface area (Å²) in [6.07, 6.45) is 11.7. The highest BCUT2D eigenvalue weighted by Crippen LogP contribution is 2.29. The van der Waals surface area contributed by atoms with E-state index in [1.165, 1.54) is 24.8 Å². The van der Waals surface area contributed by atoms with E-state index in [9.17, 15) is 9.59 Å². The molecular weight excluding hydrogens is 438 g/mol. The van der Waals surface area contributed by atoms with Crippen LogP contribution in [0.15, 0.2) is 36.5 Å². The summed E-state index contributed by atoms with van der Waals surface area (Å²) in [5, 5.41) is 6.77. The summed E-state index contributed by atoms with van der Waals surface area (Å²) in [6.45, 7) is 7.73. The van der Waals surface area contributed by atoms with Crippen molar-refractivity contribution in [3.05, 3.63) is 42.1 Å². The van der Waals surface area contributed by atoms with Crippen molar-refractivity contribution in [2.24, 2.45) is 5.92 Å². The van der Waals surface area contributed by atoms with Crippen molar-refractivity contribution < 1.29 is 14.3 Å². The summed E-state index contributed by atoms with van der Waals surface area (Å²) in [4.78, 5) is 28.6. The normalized spacial score (nSPS) is 28.1. The minimum atomic E-state index is -0.303. The van der Waals surface area contributed by atoms with Crippen molar-refractivity contribution in [1.82, 2.24) is 15.5 Å². The minimum Gasteiger partial charge on any atom is -0.494 e. The number of hydrogen-bond donors (Lipinski definition) is 2. The molecule has 0 aromatic heterocycles. The number of rotatable bonds is 1. The van der Waals surface area contributed by atoms with E-state index < -0.39 is 0 Å². The van der Waals surface area contributed by atoms with E-state index in [0.717, 1.165) is 69.4 Å². The second-order valence-electron chi connectivity index (χ2n) is 10.7. The zero-order valence-corrected chi connectivity index (χ0v) is 21.4. The van der Waals surface area contributed by atoms with Crippen molar-refractivity contribution in [2.75, 3.05) is 13.2 Å². The Morgan fingerprint density at radius 3 is 2.57 bits per heavy atom. The Balaban J connectivity index is 1.51. The topological polar surface area (TPSA) is 70.7 Å². The third kappa shape index (κ3) is 7.02. The highest BCUT2D eigenvalue weighted by Gasteiger charge is 2.35. The van der Waals surface area contributed by atoms with Gasteiger partial charge in [-0.25, -0.2) is 0 Å². The van der Waals surface area contributed by atoms with Gasteiger partial charge in [0, 0.05) is 31.1 Å². The monoisotopic (exact) mass is 481 g/mol. The van der Waals surface area contributed by atoms with Crippen LogP contribution in [0.4, 0.5) is 0 Å². The van der Waals surface area contributed by atoms with E-state index in [1.807, 2.05) is 24.0 Å². The van der Waals surface area contributed by atoms with Gasteiger partial charge in [-0.3, -0.25) is 9.59 Å². The Morgan fingerprint density at radius 2 is 1.74 bits per heavy atom. The van der Waals surface area contributed by atoms with Crippen LogP contribution in [0.25, 0.3) is 0 Å². The van der Waals surface area contributed by atoms with Gasteiger partial charge in [0.05, 0.1) is 12.6 Å². The van der Waals surface area contributed by atoms with Gasteiger partial charge < -0.3 is 20.3 Å². The third-order valence-electron chi connectivity index (χ3n) is 7.93. The van der Waals surface area contributed by atoms with Crippen LogP contribution in [-0.4, -0.2) is 48.0 Å². The summed E-state index contributed by atoms with van der Waals surface area (Å²) in [5.74, 6) is 1.42. The molecule has 192 valence electrons. The lowest BCUT2D eigenvalue weighted by molar-refractivity contribution is -0.131. The number of nitrogens with one attached hydrogen (secondary N) is 2. The Bertz CT molecular complexity index is 880. The van der Waals surface area contributed by atoms with Crippen molar-refractivity contribution in [2.45, 2.75) is 102 Å². The molecule has 0 spiro atoms. The zero-order chi connectivity index (χ0) is 24.6. The average molecular weight is 482 g/mol. The van der Waals surface area contributed by atoms with Gasteiger partial charge in [-0.1, -0.05) is 38.0 Å². The standard InChI is InChI=1S/C29H43N3O3/c1-21-17-19-35-25-14-8-11-23(20-25)10-6-7-16-27(33)32-18-9-15-26(32)22(2)31-28(29(34)30-21)24-12-4-3-5-13-24/h8,11,14,20-21,24,26,28,31H,2-7,9-10,12-13,15-19H2,1H3,(H,30,34)/t21-,26?,28?/m1/s1. The van der Waals surface area contributed by atoms with Crippen LogP contribution in [0.1, 0.15) is 83.1 Å². The van der Waals surface area contributed by atoms with Crippen molar-refractivity contribution in [3.63, 3.8) is 0 Å². The van der Waals surface area contributed by atoms with Crippen LogP contribution in [0, 0.1) is 5.92 Å². The highest BCUT2D eigenvalue weighted by atomic mass is 16.5. The molecule has 2 N–H and O–H groups in total. The molecule has 1 saturated heterocycles. The molecule has 2 amide bonds. The number of aryl methyl sites for hydroxylation is 1. The summed E-state index contributed by atoms with van der Waals surface area (Å²) < 4.78 is 6.00. The van der Waals surface area contributed by atoms with Crippen molar-refractivity contribution in [3.8, 4) is 5.75 Å². The first-order valence-electron chi connectivity index (χ1n) is 13.8. The van der Waals surface area contributed by atoms with Crippen LogP contribution in [0.5, 0.6) is 5.75 Å².